The van der Waals surface area contributed by atoms with Crippen LogP contribution in [0, 0.1) is 0 Å². The zero-order valence-corrected chi connectivity index (χ0v) is 11.2. The molecule has 6 heteroatoms. The number of nitrogens with one attached hydrogen (secondary N) is 1. The van der Waals surface area contributed by atoms with Crippen molar-refractivity contribution in [3.8, 4) is 0 Å². The third kappa shape index (κ3) is 2.86. The van der Waals surface area contributed by atoms with Crippen LogP contribution < -0.4 is 16.2 Å². The van der Waals surface area contributed by atoms with Crippen molar-refractivity contribution >= 4 is 23.2 Å². The number of hydrogen-bond acceptors (Lipinski definition) is 3. The average Bonchev–Trinajstić information content (AvgIpc) is 2.42. The maximum absolute atomic E-state index is 5.89. The molecule has 18 heavy (non-hydrogen) atoms. The Morgan fingerprint density at radius 3 is 2.33 bits per heavy atom. The molecule has 1 aromatic rings. The molecular formula is C12H18ClN5. The van der Waals surface area contributed by atoms with Gasteiger partial charge in [0.15, 0.2) is 0 Å². The lowest BCUT2D eigenvalue weighted by Gasteiger charge is -2.37. The third-order valence-corrected chi connectivity index (χ3v) is 3.36. The van der Waals surface area contributed by atoms with Gasteiger partial charge in [-0.05, 0) is 24.3 Å². The molecule has 1 aliphatic heterocycles. The predicted octanol–water partition coefficient (Wildman–Crippen LogP) is 0.911. The summed E-state index contributed by atoms with van der Waals surface area (Å²) in [6.07, 6.45) is 0. The second kappa shape index (κ2) is 5.93. The van der Waals surface area contributed by atoms with Gasteiger partial charge in [-0.1, -0.05) is 11.6 Å². The number of nitrogens with two attached hydrogens (primary N) is 1. The fourth-order valence-corrected chi connectivity index (χ4v) is 2.25. The van der Waals surface area contributed by atoms with Crippen molar-refractivity contribution in [3.05, 3.63) is 29.3 Å². The van der Waals surface area contributed by atoms with Gasteiger partial charge < -0.3 is 9.80 Å². The van der Waals surface area contributed by atoms with Crippen LogP contribution in [0.1, 0.15) is 0 Å². The first-order valence-corrected chi connectivity index (χ1v) is 6.31. The van der Waals surface area contributed by atoms with E-state index in [1.807, 2.05) is 24.3 Å². The Hall–Kier alpha value is -1.46. The highest BCUT2D eigenvalue weighted by Gasteiger charge is 2.19. The number of piperazine rings is 1. The van der Waals surface area contributed by atoms with Gasteiger partial charge in [-0.3, -0.25) is 10.4 Å². The van der Waals surface area contributed by atoms with Gasteiger partial charge in [0.25, 0.3) is 0 Å². The molecule has 0 atom stereocenters. The predicted molar refractivity (Wildman–Crippen MR) is 75.9 cm³/mol. The van der Waals surface area contributed by atoms with Gasteiger partial charge in [-0.2, -0.15) is 0 Å². The van der Waals surface area contributed by atoms with E-state index in [1.165, 1.54) is 5.69 Å². The summed E-state index contributed by atoms with van der Waals surface area (Å²) in [5, 5.41) is 0.769. The van der Waals surface area contributed by atoms with E-state index in [-0.39, 0.29) is 0 Å². The van der Waals surface area contributed by atoms with Crippen molar-refractivity contribution in [1.82, 2.24) is 10.3 Å². The first-order chi connectivity index (χ1) is 8.74. The van der Waals surface area contributed by atoms with Crippen LogP contribution in [-0.4, -0.2) is 44.1 Å². The van der Waals surface area contributed by atoms with E-state index < -0.39 is 0 Å². The maximum atomic E-state index is 5.89. The summed E-state index contributed by atoms with van der Waals surface area (Å²) >= 11 is 5.89. The van der Waals surface area contributed by atoms with Gasteiger partial charge in [-0.15, -0.1) is 0 Å². The van der Waals surface area contributed by atoms with Gasteiger partial charge in [0.1, 0.15) is 0 Å². The molecule has 0 saturated carbocycles. The fraction of sp³-hybridized carbons (Fsp3) is 0.417. The SMILES string of the molecule is CN=C(NN)N1CCN(c2ccc(Cl)cc2)CC1. The number of benzene rings is 1. The minimum absolute atomic E-state index is 0.741. The summed E-state index contributed by atoms with van der Waals surface area (Å²) in [5.74, 6) is 6.17. The molecule has 1 aromatic carbocycles. The monoisotopic (exact) mass is 267 g/mol. The number of anilines is 1. The van der Waals surface area contributed by atoms with Crippen molar-refractivity contribution in [2.75, 3.05) is 38.1 Å². The second-order valence-corrected chi connectivity index (χ2v) is 4.58. The lowest BCUT2D eigenvalue weighted by Crippen LogP contribution is -2.53. The number of aliphatic imine (C=N–C) groups is 1. The van der Waals surface area contributed by atoms with E-state index >= 15 is 0 Å². The molecule has 0 bridgehead atoms. The first kappa shape index (κ1) is 13.0. The van der Waals surface area contributed by atoms with Crippen LogP contribution in [0.2, 0.25) is 5.02 Å². The number of rotatable bonds is 1. The largest absolute Gasteiger partial charge is 0.368 e. The van der Waals surface area contributed by atoms with Crippen LogP contribution in [-0.2, 0) is 0 Å². The van der Waals surface area contributed by atoms with Crippen LogP contribution in [0.3, 0.4) is 0 Å². The molecule has 0 amide bonds. The van der Waals surface area contributed by atoms with Crippen molar-refractivity contribution in [2.45, 2.75) is 0 Å². The molecule has 3 N–H and O–H groups in total. The number of hydrazine groups is 1. The molecular weight excluding hydrogens is 250 g/mol. The van der Waals surface area contributed by atoms with E-state index in [9.17, 15) is 0 Å². The van der Waals surface area contributed by atoms with Crippen molar-refractivity contribution < 1.29 is 0 Å². The van der Waals surface area contributed by atoms with Gasteiger partial charge in [0, 0.05) is 43.9 Å². The third-order valence-electron chi connectivity index (χ3n) is 3.11. The van der Waals surface area contributed by atoms with Crippen molar-refractivity contribution in [3.63, 3.8) is 0 Å². The van der Waals surface area contributed by atoms with Gasteiger partial charge in [0.2, 0.25) is 5.96 Å². The molecule has 98 valence electrons. The molecule has 1 heterocycles. The van der Waals surface area contributed by atoms with Crippen molar-refractivity contribution in [1.29, 1.82) is 0 Å². The van der Waals surface area contributed by atoms with Crippen LogP contribution in [0.15, 0.2) is 29.3 Å². The van der Waals surface area contributed by atoms with E-state index in [0.29, 0.717) is 0 Å². The molecule has 2 rings (SSSR count). The molecule has 1 saturated heterocycles. The first-order valence-electron chi connectivity index (χ1n) is 5.93. The van der Waals surface area contributed by atoms with Crippen LogP contribution in [0.5, 0.6) is 0 Å². The van der Waals surface area contributed by atoms with Crippen LogP contribution >= 0.6 is 11.6 Å². The molecule has 1 fully saturated rings. The Morgan fingerprint density at radius 1 is 1.22 bits per heavy atom. The average molecular weight is 268 g/mol. The quantitative estimate of drug-likeness (QED) is 0.344. The maximum Gasteiger partial charge on any atom is 0.208 e. The topological polar surface area (TPSA) is 56.9 Å². The lowest BCUT2D eigenvalue weighted by atomic mass is 10.2. The Kier molecular flexibility index (Phi) is 4.28. The molecule has 0 radical (unpaired) electrons. The lowest BCUT2D eigenvalue weighted by molar-refractivity contribution is 0.373. The molecule has 0 unspecified atom stereocenters. The van der Waals surface area contributed by atoms with Crippen LogP contribution in [0.25, 0.3) is 0 Å². The number of hydrogen-bond donors (Lipinski definition) is 2. The summed E-state index contributed by atoms with van der Waals surface area (Å²) in [4.78, 5) is 8.59. The zero-order valence-electron chi connectivity index (χ0n) is 10.4. The molecule has 0 spiro atoms. The van der Waals surface area contributed by atoms with E-state index in [2.05, 4.69) is 20.2 Å². The van der Waals surface area contributed by atoms with Gasteiger partial charge in [0.05, 0.1) is 0 Å². The van der Waals surface area contributed by atoms with E-state index in [4.69, 9.17) is 17.4 Å². The smallest absolute Gasteiger partial charge is 0.208 e. The normalized spacial score (nSPS) is 16.9. The Labute approximate surface area is 112 Å². The summed E-state index contributed by atoms with van der Waals surface area (Å²) in [6.45, 7) is 3.70. The highest BCUT2D eigenvalue weighted by molar-refractivity contribution is 6.30. The highest BCUT2D eigenvalue weighted by Crippen LogP contribution is 2.19. The number of nitrogens with zero attached hydrogens (tertiary/aromatic N) is 3. The standard InChI is InChI=1S/C12H18ClN5/c1-15-12(16-14)18-8-6-17(7-9-18)11-4-2-10(13)3-5-11/h2-5H,6-9,14H2,1H3,(H,15,16). The minimum atomic E-state index is 0.741. The van der Waals surface area contributed by atoms with E-state index in [1.54, 1.807) is 7.05 Å². The molecule has 0 aliphatic carbocycles. The number of halogens is 1. The molecule has 5 nitrogen and oxygen atoms in total. The fourth-order valence-electron chi connectivity index (χ4n) is 2.13. The molecule has 1 aliphatic rings. The Morgan fingerprint density at radius 2 is 1.83 bits per heavy atom. The summed E-state index contributed by atoms with van der Waals surface area (Å²) < 4.78 is 0. The molecule has 0 aromatic heterocycles. The summed E-state index contributed by atoms with van der Waals surface area (Å²) in [6, 6.07) is 7.94. The zero-order chi connectivity index (χ0) is 13.0. The van der Waals surface area contributed by atoms with Crippen molar-refractivity contribution in [2.24, 2.45) is 10.8 Å². The van der Waals surface area contributed by atoms with Gasteiger partial charge in [-0.25, -0.2) is 5.84 Å². The Balaban J connectivity index is 1.96. The highest BCUT2D eigenvalue weighted by atomic mass is 35.5. The van der Waals surface area contributed by atoms with E-state index in [0.717, 1.165) is 37.2 Å². The number of guanidine groups is 1. The minimum Gasteiger partial charge on any atom is -0.368 e. The Bertz CT molecular complexity index is 409. The summed E-state index contributed by atoms with van der Waals surface area (Å²) in [5.41, 5.74) is 3.83. The second-order valence-electron chi connectivity index (χ2n) is 4.14. The van der Waals surface area contributed by atoms with Gasteiger partial charge >= 0.3 is 0 Å². The summed E-state index contributed by atoms with van der Waals surface area (Å²) in [7, 11) is 1.74. The van der Waals surface area contributed by atoms with Crippen LogP contribution in [0.4, 0.5) is 5.69 Å².